The Bertz CT molecular complexity index is 205. The highest BCUT2D eigenvalue weighted by molar-refractivity contribution is 4.77. The van der Waals surface area contributed by atoms with Crippen LogP contribution < -0.4 is 5.32 Å². The van der Waals surface area contributed by atoms with E-state index in [0.29, 0.717) is 6.61 Å². The molecular formula is C15H32N2O. The largest absolute Gasteiger partial charge is 0.396 e. The molecule has 1 aliphatic heterocycles. The lowest BCUT2D eigenvalue weighted by atomic mass is 9.95. The van der Waals surface area contributed by atoms with Crippen LogP contribution in [0.15, 0.2) is 0 Å². The number of hydrogen-bond donors (Lipinski definition) is 2. The van der Waals surface area contributed by atoms with Gasteiger partial charge in [0.25, 0.3) is 0 Å². The second-order valence-electron chi connectivity index (χ2n) is 6.70. The summed E-state index contributed by atoms with van der Waals surface area (Å²) in [7, 11) is 0. The SMILES string of the molecule is CC(C)(C)NCC1CCN(CCCCCO)CC1. The lowest BCUT2D eigenvalue weighted by Gasteiger charge is -2.33. The molecule has 18 heavy (non-hydrogen) atoms. The minimum absolute atomic E-state index is 0.251. The Morgan fingerprint density at radius 2 is 1.78 bits per heavy atom. The Morgan fingerprint density at radius 1 is 1.11 bits per heavy atom. The summed E-state index contributed by atoms with van der Waals surface area (Å²) >= 11 is 0. The number of unbranched alkanes of at least 4 members (excludes halogenated alkanes) is 2. The van der Waals surface area contributed by atoms with E-state index < -0.39 is 0 Å². The van der Waals surface area contributed by atoms with E-state index >= 15 is 0 Å². The van der Waals surface area contributed by atoms with Crippen LogP contribution >= 0.6 is 0 Å². The van der Waals surface area contributed by atoms with E-state index in [2.05, 4.69) is 31.0 Å². The third-order valence-corrected chi connectivity index (χ3v) is 3.76. The van der Waals surface area contributed by atoms with Gasteiger partial charge in [-0.15, -0.1) is 0 Å². The van der Waals surface area contributed by atoms with Gasteiger partial charge in [0, 0.05) is 12.1 Å². The fourth-order valence-corrected chi connectivity index (χ4v) is 2.49. The van der Waals surface area contributed by atoms with Gasteiger partial charge in [-0.05, 0) is 85.0 Å². The first-order chi connectivity index (χ1) is 8.51. The molecule has 1 rings (SSSR count). The molecule has 0 saturated carbocycles. The van der Waals surface area contributed by atoms with Crippen LogP contribution in [-0.4, -0.2) is 48.3 Å². The van der Waals surface area contributed by atoms with Gasteiger partial charge < -0.3 is 15.3 Å². The number of aliphatic hydroxyl groups excluding tert-OH is 1. The molecule has 108 valence electrons. The van der Waals surface area contributed by atoms with Crippen LogP contribution in [0, 0.1) is 5.92 Å². The second-order valence-corrected chi connectivity index (χ2v) is 6.70. The number of piperidine rings is 1. The van der Waals surface area contributed by atoms with E-state index in [1.165, 1.54) is 51.9 Å². The zero-order valence-electron chi connectivity index (χ0n) is 12.5. The summed E-state index contributed by atoms with van der Waals surface area (Å²) in [4.78, 5) is 2.59. The summed E-state index contributed by atoms with van der Waals surface area (Å²) in [5.41, 5.74) is 0.251. The Morgan fingerprint density at radius 3 is 2.33 bits per heavy atom. The maximum absolute atomic E-state index is 8.74. The summed E-state index contributed by atoms with van der Waals surface area (Å²) in [6.45, 7) is 12.0. The number of likely N-dealkylation sites (tertiary alicyclic amines) is 1. The van der Waals surface area contributed by atoms with Crippen molar-refractivity contribution < 1.29 is 5.11 Å². The van der Waals surface area contributed by atoms with Gasteiger partial charge in [-0.2, -0.15) is 0 Å². The molecule has 2 N–H and O–H groups in total. The molecule has 0 amide bonds. The molecule has 0 unspecified atom stereocenters. The van der Waals surface area contributed by atoms with E-state index in [1.807, 2.05) is 0 Å². The molecule has 0 bridgehead atoms. The normalized spacial score (nSPS) is 19.3. The standard InChI is InChI=1S/C15H32N2O/c1-15(2,3)16-13-14-7-10-17(11-8-14)9-5-4-6-12-18/h14,16,18H,4-13H2,1-3H3. The fourth-order valence-electron chi connectivity index (χ4n) is 2.49. The van der Waals surface area contributed by atoms with E-state index in [9.17, 15) is 0 Å². The van der Waals surface area contributed by atoms with E-state index in [4.69, 9.17) is 5.11 Å². The van der Waals surface area contributed by atoms with Crippen molar-refractivity contribution in [1.29, 1.82) is 0 Å². The zero-order chi connectivity index (χ0) is 13.4. The van der Waals surface area contributed by atoms with Crippen LogP contribution in [0.1, 0.15) is 52.9 Å². The molecule has 0 aromatic rings. The molecule has 1 aliphatic rings. The maximum atomic E-state index is 8.74. The van der Waals surface area contributed by atoms with Crippen molar-refractivity contribution >= 4 is 0 Å². The van der Waals surface area contributed by atoms with Crippen LogP contribution in [0.3, 0.4) is 0 Å². The van der Waals surface area contributed by atoms with E-state index in [1.54, 1.807) is 0 Å². The van der Waals surface area contributed by atoms with Crippen molar-refractivity contribution in [3.8, 4) is 0 Å². The number of hydrogen-bond acceptors (Lipinski definition) is 3. The molecule has 1 heterocycles. The van der Waals surface area contributed by atoms with Crippen LogP contribution in [0.25, 0.3) is 0 Å². The predicted molar refractivity (Wildman–Crippen MR) is 77.9 cm³/mol. The van der Waals surface area contributed by atoms with Gasteiger partial charge in [-0.1, -0.05) is 0 Å². The summed E-state index contributed by atoms with van der Waals surface area (Å²) in [5.74, 6) is 0.859. The highest BCUT2D eigenvalue weighted by Crippen LogP contribution is 2.17. The monoisotopic (exact) mass is 256 g/mol. The average molecular weight is 256 g/mol. The summed E-state index contributed by atoms with van der Waals surface area (Å²) < 4.78 is 0. The first-order valence-corrected chi connectivity index (χ1v) is 7.59. The topological polar surface area (TPSA) is 35.5 Å². The Hall–Kier alpha value is -0.120. The number of nitrogens with one attached hydrogen (secondary N) is 1. The Kier molecular flexibility index (Phi) is 7.20. The summed E-state index contributed by atoms with van der Waals surface area (Å²) in [6, 6.07) is 0. The molecule has 0 aromatic carbocycles. The number of nitrogens with zero attached hydrogens (tertiary/aromatic N) is 1. The highest BCUT2D eigenvalue weighted by atomic mass is 16.2. The third kappa shape index (κ3) is 7.34. The quantitative estimate of drug-likeness (QED) is 0.686. The fraction of sp³-hybridized carbons (Fsp3) is 1.00. The van der Waals surface area contributed by atoms with Gasteiger partial charge in [-0.25, -0.2) is 0 Å². The van der Waals surface area contributed by atoms with Gasteiger partial charge in [0.15, 0.2) is 0 Å². The van der Waals surface area contributed by atoms with Crippen LogP contribution in [0.5, 0.6) is 0 Å². The van der Waals surface area contributed by atoms with Crippen molar-refractivity contribution in [2.24, 2.45) is 5.92 Å². The van der Waals surface area contributed by atoms with Gasteiger partial charge in [-0.3, -0.25) is 0 Å². The van der Waals surface area contributed by atoms with Gasteiger partial charge in [0.1, 0.15) is 0 Å². The third-order valence-electron chi connectivity index (χ3n) is 3.76. The predicted octanol–water partition coefficient (Wildman–Crippen LogP) is 2.25. The minimum Gasteiger partial charge on any atom is -0.396 e. The van der Waals surface area contributed by atoms with Gasteiger partial charge in [0.05, 0.1) is 0 Å². The Labute approximate surface area is 113 Å². The molecule has 0 spiro atoms. The molecule has 1 fully saturated rings. The summed E-state index contributed by atoms with van der Waals surface area (Å²) in [6.07, 6.45) is 6.05. The van der Waals surface area contributed by atoms with Crippen molar-refractivity contribution in [3.05, 3.63) is 0 Å². The first kappa shape index (κ1) is 15.9. The zero-order valence-corrected chi connectivity index (χ0v) is 12.5. The molecular weight excluding hydrogens is 224 g/mol. The second kappa shape index (κ2) is 8.13. The van der Waals surface area contributed by atoms with Crippen molar-refractivity contribution in [1.82, 2.24) is 10.2 Å². The summed E-state index contributed by atoms with van der Waals surface area (Å²) in [5, 5.41) is 12.4. The smallest absolute Gasteiger partial charge is 0.0431 e. The molecule has 0 atom stereocenters. The number of aliphatic hydroxyl groups is 1. The highest BCUT2D eigenvalue weighted by Gasteiger charge is 2.20. The van der Waals surface area contributed by atoms with Gasteiger partial charge in [0.2, 0.25) is 0 Å². The van der Waals surface area contributed by atoms with Crippen molar-refractivity contribution in [3.63, 3.8) is 0 Å². The molecule has 0 aliphatic carbocycles. The lowest BCUT2D eigenvalue weighted by molar-refractivity contribution is 0.172. The van der Waals surface area contributed by atoms with Gasteiger partial charge >= 0.3 is 0 Å². The van der Waals surface area contributed by atoms with Crippen LogP contribution in [-0.2, 0) is 0 Å². The van der Waals surface area contributed by atoms with E-state index in [0.717, 1.165) is 12.3 Å². The number of rotatable bonds is 7. The van der Waals surface area contributed by atoms with Crippen LogP contribution in [0.2, 0.25) is 0 Å². The van der Waals surface area contributed by atoms with Crippen molar-refractivity contribution in [2.45, 2.75) is 58.4 Å². The minimum atomic E-state index is 0.251. The van der Waals surface area contributed by atoms with E-state index in [-0.39, 0.29) is 5.54 Å². The molecule has 0 aromatic heterocycles. The first-order valence-electron chi connectivity index (χ1n) is 7.59. The molecule has 3 heteroatoms. The van der Waals surface area contributed by atoms with Crippen LogP contribution in [0.4, 0.5) is 0 Å². The molecule has 0 radical (unpaired) electrons. The maximum Gasteiger partial charge on any atom is 0.0431 e. The average Bonchev–Trinajstić information content (AvgIpc) is 2.33. The lowest BCUT2D eigenvalue weighted by Crippen LogP contribution is -2.43. The molecule has 1 saturated heterocycles. The molecule has 3 nitrogen and oxygen atoms in total. The van der Waals surface area contributed by atoms with Crippen molar-refractivity contribution in [2.75, 3.05) is 32.8 Å². The Balaban J connectivity index is 2.05.